The van der Waals surface area contributed by atoms with Crippen LogP contribution in [0.5, 0.6) is 5.75 Å². The van der Waals surface area contributed by atoms with Gasteiger partial charge in [0.2, 0.25) is 0 Å². The van der Waals surface area contributed by atoms with Crippen LogP contribution in [0.1, 0.15) is 41.1 Å². The standard InChI is InChI=1S/C24H29N5O2/c1-15-12-18(22-13-16(2)29(4)27-22)10-11-23(15)31-14-20-19(17-8-9-17)6-5-7-21(20)26-24(30)28(3)25/h5-7,10-13,17H,8-9,14,25H2,1-4H3,(H,26,30). The van der Waals surface area contributed by atoms with Gasteiger partial charge in [-0.1, -0.05) is 12.1 Å². The van der Waals surface area contributed by atoms with Crippen LogP contribution in [-0.2, 0) is 13.7 Å². The van der Waals surface area contributed by atoms with Crippen LogP contribution in [0.4, 0.5) is 10.5 Å². The number of carbonyl (C=O) groups is 1. The van der Waals surface area contributed by atoms with Crippen molar-refractivity contribution in [3.63, 3.8) is 0 Å². The fraction of sp³-hybridized carbons (Fsp3) is 0.333. The van der Waals surface area contributed by atoms with Gasteiger partial charge >= 0.3 is 6.03 Å². The molecule has 1 fully saturated rings. The van der Waals surface area contributed by atoms with Gasteiger partial charge in [-0.25, -0.2) is 10.6 Å². The molecule has 0 radical (unpaired) electrons. The molecule has 162 valence electrons. The van der Waals surface area contributed by atoms with Crippen LogP contribution in [0.25, 0.3) is 11.3 Å². The molecule has 31 heavy (non-hydrogen) atoms. The highest BCUT2D eigenvalue weighted by molar-refractivity contribution is 5.89. The second-order valence-corrected chi connectivity index (χ2v) is 8.25. The van der Waals surface area contributed by atoms with Crippen LogP contribution in [0.2, 0.25) is 0 Å². The summed E-state index contributed by atoms with van der Waals surface area (Å²) in [6, 6.07) is 13.8. The Kier molecular flexibility index (Phi) is 5.69. The Balaban J connectivity index is 1.56. The number of aromatic nitrogens is 2. The number of nitrogens with one attached hydrogen (secondary N) is 1. The van der Waals surface area contributed by atoms with Crippen LogP contribution in [0.15, 0.2) is 42.5 Å². The second-order valence-electron chi connectivity index (χ2n) is 8.25. The van der Waals surface area contributed by atoms with Crippen molar-refractivity contribution in [1.82, 2.24) is 14.8 Å². The van der Waals surface area contributed by atoms with E-state index in [1.807, 2.05) is 49.8 Å². The molecular weight excluding hydrogens is 390 g/mol. The maximum atomic E-state index is 12.1. The number of amides is 2. The summed E-state index contributed by atoms with van der Waals surface area (Å²) in [5, 5.41) is 8.49. The van der Waals surface area contributed by atoms with Crippen molar-refractivity contribution in [2.45, 2.75) is 39.2 Å². The Morgan fingerprint density at radius 2 is 2.03 bits per heavy atom. The fourth-order valence-electron chi connectivity index (χ4n) is 3.69. The van der Waals surface area contributed by atoms with Gasteiger partial charge in [0.15, 0.2) is 0 Å². The molecule has 1 heterocycles. The SMILES string of the molecule is Cc1cc(-c2cc(C)n(C)n2)ccc1OCc1c(NC(=O)N(C)N)cccc1C1CC1. The zero-order valence-electron chi connectivity index (χ0n) is 18.5. The lowest BCUT2D eigenvalue weighted by atomic mass is 10.0. The first kappa shape index (κ1) is 20.9. The van der Waals surface area contributed by atoms with E-state index in [0.29, 0.717) is 12.5 Å². The van der Waals surface area contributed by atoms with Crippen molar-refractivity contribution in [2.75, 3.05) is 12.4 Å². The summed E-state index contributed by atoms with van der Waals surface area (Å²) in [6.07, 6.45) is 2.33. The third-order valence-electron chi connectivity index (χ3n) is 5.75. The summed E-state index contributed by atoms with van der Waals surface area (Å²) in [5.41, 5.74) is 7.14. The van der Waals surface area contributed by atoms with Crippen LogP contribution in [-0.4, -0.2) is 27.9 Å². The highest BCUT2D eigenvalue weighted by atomic mass is 16.5. The highest BCUT2D eigenvalue weighted by Gasteiger charge is 2.27. The van der Waals surface area contributed by atoms with Gasteiger partial charge < -0.3 is 10.1 Å². The number of benzene rings is 2. The molecule has 3 N–H and O–H groups in total. The third kappa shape index (κ3) is 4.56. The lowest BCUT2D eigenvalue weighted by Crippen LogP contribution is -2.37. The van der Waals surface area contributed by atoms with Gasteiger partial charge in [-0.2, -0.15) is 5.10 Å². The zero-order valence-corrected chi connectivity index (χ0v) is 18.5. The number of hydrogen-bond donors (Lipinski definition) is 2. The summed E-state index contributed by atoms with van der Waals surface area (Å²) in [6.45, 7) is 4.45. The molecule has 2 aromatic carbocycles. The van der Waals surface area contributed by atoms with Crippen LogP contribution >= 0.6 is 0 Å². The maximum absolute atomic E-state index is 12.1. The minimum atomic E-state index is -0.361. The first-order chi connectivity index (χ1) is 14.8. The summed E-state index contributed by atoms with van der Waals surface area (Å²) < 4.78 is 8.10. The Hall–Kier alpha value is -3.32. The molecule has 1 aliphatic carbocycles. The van der Waals surface area contributed by atoms with E-state index in [2.05, 4.69) is 28.6 Å². The van der Waals surface area contributed by atoms with Crippen LogP contribution in [0, 0.1) is 13.8 Å². The molecule has 0 unspecified atom stereocenters. The second kappa shape index (κ2) is 8.43. The Morgan fingerprint density at radius 3 is 2.65 bits per heavy atom. The molecule has 2 amide bonds. The Labute approximate surface area is 182 Å². The van der Waals surface area contributed by atoms with E-state index in [0.717, 1.165) is 44.5 Å². The predicted molar refractivity (Wildman–Crippen MR) is 122 cm³/mol. The minimum absolute atomic E-state index is 0.361. The van der Waals surface area contributed by atoms with Crippen LogP contribution in [0.3, 0.4) is 0 Å². The Bertz CT molecular complexity index is 1100. The zero-order chi connectivity index (χ0) is 22.1. The van der Waals surface area contributed by atoms with Crippen molar-refractivity contribution in [3.8, 4) is 17.0 Å². The molecule has 1 aliphatic rings. The van der Waals surface area contributed by atoms with Gasteiger partial charge in [-0.3, -0.25) is 9.69 Å². The molecule has 7 nitrogen and oxygen atoms in total. The first-order valence-electron chi connectivity index (χ1n) is 10.5. The van der Waals surface area contributed by atoms with E-state index >= 15 is 0 Å². The van der Waals surface area contributed by atoms with Gasteiger partial charge in [-0.15, -0.1) is 0 Å². The lowest BCUT2D eigenvalue weighted by Gasteiger charge is -2.19. The predicted octanol–water partition coefficient (Wildman–Crippen LogP) is 4.50. The molecule has 0 spiro atoms. The van der Waals surface area contributed by atoms with Gasteiger partial charge in [0.05, 0.1) is 5.69 Å². The molecule has 1 saturated carbocycles. The number of nitrogens with two attached hydrogens (primary N) is 1. The van der Waals surface area contributed by atoms with Gasteiger partial charge in [-0.05, 0) is 74.1 Å². The molecule has 0 saturated heterocycles. The number of rotatable bonds is 6. The van der Waals surface area contributed by atoms with Crippen molar-refractivity contribution >= 4 is 11.7 Å². The number of hydrogen-bond acceptors (Lipinski definition) is 4. The van der Waals surface area contributed by atoms with Gasteiger partial charge in [0.1, 0.15) is 12.4 Å². The molecule has 0 bridgehead atoms. The molecule has 7 heteroatoms. The van der Waals surface area contributed by atoms with Crippen molar-refractivity contribution in [3.05, 3.63) is 64.8 Å². The van der Waals surface area contributed by atoms with Gasteiger partial charge in [0, 0.05) is 36.6 Å². The molecular formula is C24H29N5O2. The quantitative estimate of drug-likeness (QED) is 0.350. The number of carbonyl (C=O) groups excluding carboxylic acids is 1. The monoisotopic (exact) mass is 419 g/mol. The van der Waals surface area contributed by atoms with E-state index in [-0.39, 0.29) is 6.03 Å². The number of anilines is 1. The molecule has 4 rings (SSSR count). The van der Waals surface area contributed by atoms with Crippen molar-refractivity contribution in [2.24, 2.45) is 12.9 Å². The van der Waals surface area contributed by atoms with E-state index in [1.165, 1.54) is 25.5 Å². The third-order valence-corrected chi connectivity index (χ3v) is 5.75. The van der Waals surface area contributed by atoms with Crippen LogP contribution < -0.4 is 15.9 Å². The van der Waals surface area contributed by atoms with Crippen molar-refractivity contribution in [1.29, 1.82) is 0 Å². The highest BCUT2D eigenvalue weighted by Crippen LogP contribution is 2.43. The minimum Gasteiger partial charge on any atom is -0.489 e. The van der Waals surface area contributed by atoms with E-state index in [4.69, 9.17) is 10.6 Å². The number of ether oxygens (including phenoxy) is 1. The van der Waals surface area contributed by atoms with E-state index < -0.39 is 0 Å². The number of nitrogens with zero attached hydrogens (tertiary/aromatic N) is 3. The molecule has 3 aromatic rings. The average molecular weight is 420 g/mol. The van der Waals surface area contributed by atoms with E-state index in [9.17, 15) is 4.79 Å². The Morgan fingerprint density at radius 1 is 1.26 bits per heavy atom. The van der Waals surface area contributed by atoms with E-state index in [1.54, 1.807) is 0 Å². The smallest absolute Gasteiger partial charge is 0.335 e. The lowest BCUT2D eigenvalue weighted by molar-refractivity contribution is 0.223. The largest absolute Gasteiger partial charge is 0.489 e. The first-order valence-corrected chi connectivity index (χ1v) is 10.5. The van der Waals surface area contributed by atoms with Gasteiger partial charge in [0.25, 0.3) is 0 Å². The average Bonchev–Trinajstić information content (AvgIpc) is 3.52. The molecule has 0 atom stereocenters. The summed E-state index contributed by atoms with van der Waals surface area (Å²) in [4.78, 5) is 12.1. The topological polar surface area (TPSA) is 85.4 Å². The fourth-order valence-corrected chi connectivity index (χ4v) is 3.69. The number of hydrazine groups is 1. The number of aryl methyl sites for hydroxylation is 3. The summed E-state index contributed by atoms with van der Waals surface area (Å²) in [5.74, 6) is 6.93. The maximum Gasteiger partial charge on any atom is 0.335 e. The molecule has 0 aliphatic heterocycles. The van der Waals surface area contributed by atoms with Crippen molar-refractivity contribution < 1.29 is 9.53 Å². The number of urea groups is 1. The summed E-state index contributed by atoms with van der Waals surface area (Å²) >= 11 is 0. The normalized spacial score (nSPS) is 13.2. The summed E-state index contributed by atoms with van der Waals surface area (Å²) in [7, 11) is 3.46. The molecule has 1 aromatic heterocycles.